The Kier molecular flexibility index (Phi) is 4.63. The number of nitrogens with zero attached hydrogens (tertiary/aromatic N) is 4. The average molecular weight is 374 g/mol. The summed E-state index contributed by atoms with van der Waals surface area (Å²) in [7, 11) is 0. The summed E-state index contributed by atoms with van der Waals surface area (Å²) < 4.78 is 28.9. The molecule has 2 fully saturated rings. The number of halogens is 2. The van der Waals surface area contributed by atoms with Crippen molar-refractivity contribution < 1.29 is 18.3 Å². The van der Waals surface area contributed by atoms with Crippen LogP contribution in [0.5, 0.6) is 5.75 Å². The Morgan fingerprint density at radius 3 is 2.59 bits per heavy atom. The third-order valence-corrected chi connectivity index (χ3v) is 5.19. The zero-order valence-electron chi connectivity index (χ0n) is 14.9. The number of hydrogen-bond donors (Lipinski definition) is 0. The summed E-state index contributed by atoms with van der Waals surface area (Å²) >= 11 is 0. The quantitative estimate of drug-likeness (QED) is 0.806. The first kappa shape index (κ1) is 17.6. The maximum atomic E-state index is 12.6. The third kappa shape index (κ3) is 3.56. The molecule has 27 heavy (non-hydrogen) atoms. The van der Waals surface area contributed by atoms with Gasteiger partial charge in [-0.25, -0.2) is 0 Å². The average Bonchev–Trinajstić information content (AvgIpc) is 3.17. The highest BCUT2D eigenvalue weighted by molar-refractivity contribution is 5.81. The van der Waals surface area contributed by atoms with Gasteiger partial charge in [0.2, 0.25) is 5.91 Å². The Balaban J connectivity index is 1.46. The van der Waals surface area contributed by atoms with Crippen LogP contribution in [0.3, 0.4) is 0 Å². The van der Waals surface area contributed by atoms with E-state index in [1.165, 1.54) is 12.1 Å². The highest BCUT2D eigenvalue weighted by atomic mass is 19.3. The van der Waals surface area contributed by atoms with E-state index in [1.54, 1.807) is 12.1 Å². The summed E-state index contributed by atoms with van der Waals surface area (Å²) in [5, 5.41) is 8.38. The predicted octanol–water partition coefficient (Wildman–Crippen LogP) is 2.77. The number of ether oxygens (including phenoxy) is 1. The van der Waals surface area contributed by atoms with Crippen LogP contribution in [0.15, 0.2) is 36.4 Å². The first-order valence-electron chi connectivity index (χ1n) is 8.91. The molecule has 142 valence electrons. The Hall–Kier alpha value is -2.77. The second kappa shape index (κ2) is 7.09. The standard InChI is InChI=1S/C19H20F2N4O2/c1-12-2-7-17(23-22-12)24-9-8-15-16(24)10-18(26)25(15)11-13-3-5-14(6-4-13)27-19(20)21/h2-7,15-16,19H,8-11H2,1H3/t15-,16-/m0/s1. The van der Waals surface area contributed by atoms with Crippen LogP contribution in [0.25, 0.3) is 0 Å². The Bertz CT molecular complexity index is 813. The van der Waals surface area contributed by atoms with Crippen LogP contribution in [0.4, 0.5) is 14.6 Å². The molecule has 0 aliphatic carbocycles. The number of benzene rings is 1. The molecule has 6 nitrogen and oxygen atoms in total. The van der Waals surface area contributed by atoms with Crippen LogP contribution in [0.1, 0.15) is 24.1 Å². The molecule has 0 spiro atoms. The number of rotatable bonds is 5. The largest absolute Gasteiger partial charge is 0.435 e. The number of aryl methyl sites for hydroxylation is 1. The highest BCUT2D eigenvalue weighted by Gasteiger charge is 2.47. The number of carbonyl (C=O) groups excluding carboxylic acids is 1. The van der Waals surface area contributed by atoms with Crippen molar-refractivity contribution >= 4 is 11.7 Å². The number of aromatic nitrogens is 2. The van der Waals surface area contributed by atoms with Crippen molar-refractivity contribution in [3.05, 3.63) is 47.7 Å². The van der Waals surface area contributed by atoms with Crippen molar-refractivity contribution in [2.75, 3.05) is 11.4 Å². The molecule has 0 saturated carbocycles. The molecule has 2 aromatic rings. The smallest absolute Gasteiger partial charge is 0.387 e. The molecule has 2 atom stereocenters. The molecule has 0 radical (unpaired) electrons. The fourth-order valence-corrected chi connectivity index (χ4v) is 3.94. The Morgan fingerprint density at radius 2 is 1.93 bits per heavy atom. The van der Waals surface area contributed by atoms with Crippen molar-refractivity contribution in [2.24, 2.45) is 0 Å². The molecule has 2 saturated heterocycles. The third-order valence-electron chi connectivity index (χ3n) is 5.19. The zero-order chi connectivity index (χ0) is 19.0. The molecule has 2 aliphatic rings. The van der Waals surface area contributed by atoms with Crippen molar-refractivity contribution in [1.29, 1.82) is 0 Å². The van der Waals surface area contributed by atoms with E-state index >= 15 is 0 Å². The summed E-state index contributed by atoms with van der Waals surface area (Å²) in [6.45, 7) is 0.341. The van der Waals surface area contributed by atoms with Crippen LogP contribution in [0.2, 0.25) is 0 Å². The van der Waals surface area contributed by atoms with E-state index in [-0.39, 0.29) is 23.7 Å². The van der Waals surface area contributed by atoms with E-state index in [0.29, 0.717) is 13.0 Å². The van der Waals surface area contributed by atoms with Crippen LogP contribution in [0, 0.1) is 6.92 Å². The maximum absolute atomic E-state index is 12.6. The first-order chi connectivity index (χ1) is 13.0. The Morgan fingerprint density at radius 1 is 1.15 bits per heavy atom. The van der Waals surface area contributed by atoms with E-state index in [4.69, 9.17) is 0 Å². The fourth-order valence-electron chi connectivity index (χ4n) is 3.94. The molecular weight excluding hydrogens is 354 g/mol. The van der Waals surface area contributed by atoms with E-state index < -0.39 is 6.61 Å². The second-order valence-electron chi connectivity index (χ2n) is 6.90. The number of likely N-dealkylation sites (tertiary alicyclic amines) is 1. The number of anilines is 1. The Labute approximate surface area is 155 Å². The van der Waals surface area contributed by atoms with Crippen molar-refractivity contribution in [3.8, 4) is 5.75 Å². The molecule has 3 heterocycles. The lowest BCUT2D eigenvalue weighted by molar-refractivity contribution is -0.129. The van der Waals surface area contributed by atoms with Gasteiger partial charge in [0.15, 0.2) is 5.82 Å². The molecule has 0 bridgehead atoms. The van der Waals surface area contributed by atoms with Gasteiger partial charge in [-0.1, -0.05) is 12.1 Å². The van der Waals surface area contributed by atoms with Gasteiger partial charge in [-0.15, -0.1) is 5.10 Å². The normalized spacial score (nSPS) is 21.9. The SMILES string of the molecule is Cc1ccc(N2CC[C@H]3[C@@H]2CC(=O)N3Cc2ccc(OC(F)F)cc2)nn1. The van der Waals surface area contributed by atoms with Gasteiger partial charge in [0, 0.05) is 19.5 Å². The summed E-state index contributed by atoms with van der Waals surface area (Å²) in [6, 6.07) is 10.5. The van der Waals surface area contributed by atoms with Gasteiger partial charge >= 0.3 is 6.61 Å². The number of amides is 1. The molecule has 1 aromatic carbocycles. The fraction of sp³-hybridized carbons (Fsp3) is 0.421. The summed E-state index contributed by atoms with van der Waals surface area (Å²) in [5.74, 6) is 1.02. The minimum absolute atomic E-state index is 0.0935. The maximum Gasteiger partial charge on any atom is 0.387 e. The summed E-state index contributed by atoms with van der Waals surface area (Å²) in [5.41, 5.74) is 1.75. The molecule has 0 unspecified atom stereocenters. The van der Waals surface area contributed by atoms with Crippen LogP contribution < -0.4 is 9.64 Å². The lowest BCUT2D eigenvalue weighted by Gasteiger charge is -2.26. The number of alkyl halides is 2. The van der Waals surface area contributed by atoms with Crippen molar-refractivity contribution in [2.45, 2.75) is 45.0 Å². The number of hydrogen-bond acceptors (Lipinski definition) is 5. The van der Waals surface area contributed by atoms with Crippen LogP contribution >= 0.6 is 0 Å². The van der Waals surface area contributed by atoms with Gasteiger partial charge in [-0.05, 0) is 43.2 Å². The van der Waals surface area contributed by atoms with E-state index in [1.807, 2.05) is 24.0 Å². The minimum atomic E-state index is -2.84. The monoisotopic (exact) mass is 374 g/mol. The minimum Gasteiger partial charge on any atom is -0.435 e. The summed E-state index contributed by atoms with van der Waals surface area (Å²) in [6.07, 6.45) is 1.32. The van der Waals surface area contributed by atoms with E-state index in [2.05, 4.69) is 19.8 Å². The van der Waals surface area contributed by atoms with Crippen LogP contribution in [-0.2, 0) is 11.3 Å². The van der Waals surface area contributed by atoms with Crippen LogP contribution in [-0.4, -0.2) is 46.2 Å². The first-order valence-corrected chi connectivity index (χ1v) is 8.91. The van der Waals surface area contributed by atoms with E-state index in [9.17, 15) is 13.6 Å². The molecule has 2 aliphatic heterocycles. The topological polar surface area (TPSA) is 58.6 Å². The molecule has 1 aromatic heterocycles. The van der Waals surface area contributed by atoms with Gasteiger partial charge < -0.3 is 14.5 Å². The van der Waals surface area contributed by atoms with Gasteiger partial charge in [0.05, 0.1) is 17.8 Å². The molecule has 0 N–H and O–H groups in total. The predicted molar refractivity (Wildman–Crippen MR) is 94.5 cm³/mol. The van der Waals surface area contributed by atoms with Gasteiger partial charge in [-0.2, -0.15) is 13.9 Å². The highest BCUT2D eigenvalue weighted by Crippen LogP contribution is 2.35. The number of fused-ring (bicyclic) bond motifs is 1. The van der Waals surface area contributed by atoms with Crippen molar-refractivity contribution in [3.63, 3.8) is 0 Å². The van der Waals surface area contributed by atoms with Crippen molar-refractivity contribution in [1.82, 2.24) is 15.1 Å². The number of carbonyl (C=O) groups is 1. The zero-order valence-corrected chi connectivity index (χ0v) is 14.9. The lowest BCUT2D eigenvalue weighted by Crippen LogP contribution is -2.37. The van der Waals surface area contributed by atoms with Gasteiger partial charge in [0.25, 0.3) is 0 Å². The molecular formula is C19H20F2N4O2. The van der Waals surface area contributed by atoms with E-state index in [0.717, 1.165) is 30.0 Å². The second-order valence-corrected chi connectivity index (χ2v) is 6.90. The lowest BCUT2D eigenvalue weighted by atomic mass is 10.1. The molecule has 8 heteroatoms. The molecule has 4 rings (SSSR count). The van der Waals surface area contributed by atoms with Gasteiger partial charge in [-0.3, -0.25) is 4.79 Å². The van der Waals surface area contributed by atoms with Gasteiger partial charge in [0.1, 0.15) is 5.75 Å². The molecule has 1 amide bonds. The summed E-state index contributed by atoms with van der Waals surface area (Å²) in [4.78, 5) is 16.6.